The van der Waals surface area contributed by atoms with E-state index < -0.39 is 0 Å². The molecule has 0 N–H and O–H groups in total. The van der Waals surface area contributed by atoms with E-state index in [1.54, 1.807) is 0 Å². The van der Waals surface area contributed by atoms with Crippen LogP contribution >= 0.6 is 0 Å². The van der Waals surface area contributed by atoms with Crippen LogP contribution in [0.4, 0.5) is 0 Å². The first kappa shape index (κ1) is 24.6. The lowest BCUT2D eigenvalue weighted by Gasteiger charge is -2.21. The van der Waals surface area contributed by atoms with Gasteiger partial charge in [-0.05, 0) is 31.6 Å². The number of hydrogen-bond donors (Lipinski definition) is 0. The third-order valence-corrected chi connectivity index (χ3v) is 5.03. The van der Waals surface area contributed by atoms with Gasteiger partial charge in [0.2, 0.25) is 0 Å². The fraction of sp³-hybridized carbons (Fsp3) is 0.913. The van der Waals surface area contributed by atoms with Crippen molar-refractivity contribution in [3.8, 4) is 0 Å². The van der Waals surface area contributed by atoms with Crippen LogP contribution in [0.2, 0.25) is 12.6 Å². The van der Waals surface area contributed by atoms with Crippen LogP contribution in [0.3, 0.4) is 0 Å². The van der Waals surface area contributed by atoms with E-state index in [4.69, 9.17) is 4.65 Å². The van der Waals surface area contributed by atoms with E-state index in [0.717, 1.165) is 0 Å². The topological polar surface area (TPSA) is 9.23 Å². The van der Waals surface area contributed by atoms with Crippen LogP contribution < -0.4 is 0 Å². The zero-order valence-corrected chi connectivity index (χ0v) is 18.2. The molecule has 0 aliphatic heterocycles. The lowest BCUT2D eigenvalue weighted by molar-refractivity contribution is 0.363. The highest BCUT2D eigenvalue weighted by atomic mass is 16.4. The first-order valence-corrected chi connectivity index (χ1v) is 11.5. The van der Waals surface area contributed by atoms with Gasteiger partial charge in [-0.25, -0.2) is 0 Å². The first-order chi connectivity index (χ1) is 12.2. The summed E-state index contributed by atoms with van der Waals surface area (Å²) in [5.41, 5.74) is 0. The van der Waals surface area contributed by atoms with Crippen LogP contribution in [0.1, 0.15) is 118 Å². The standard InChI is InChI=1S/C23H47BO/c1-6-9-12-15-16-19-23(22(4)5)25-24(20-17-13-10-7-2)21-18-14-11-8-3/h19,22H,6-18,20-21H2,1-5H3/b23-19+. The molecular weight excluding hydrogens is 303 g/mol. The Hall–Kier alpha value is -0.395. The molecule has 0 saturated carbocycles. The van der Waals surface area contributed by atoms with Crippen LogP contribution in [0, 0.1) is 5.92 Å². The number of rotatable bonds is 18. The van der Waals surface area contributed by atoms with E-state index in [9.17, 15) is 0 Å². The molecule has 0 heterocycles. The van der Waals surface area contributed by atoms with Crippen molar-refractivity contribution in [1.29, 1.82) is 0 Å². The fourth-order valence-electron chi connectivity index (χ4n) is 3.29. The van der Waals surface area contributed by atoms with Gasteiger partial charge in [-0.1, -0.05) is 105 Å². The van der Waals surface area contributed by atoms with Crippen molar-refractivity contribution >= 4 is 6.92 Å². The van der Waals surface area contributed by atoms with E-state index >= 15 is 0 Å². The van der Waals surface area contributed by atoms with Crippen molar-refractivity contribution in [2.75, 3.05) is 0 Å². The second-order valence-corrected chi connectivity index (χ2v) is 8.05. The molecule has 0 amide bonds. The predicted octanol–water partition coefficient (Wildman–Crippen LogP) is 8.67. The highest BCUT2D eigenvalue weighted by molar-refractivity contribution is 6.52. The molecule has 0 aromatic rings. The molecule has 0 unspecified atom stereocenters. The van der Waals surface area contributed by atoms with Gasteiger partial charge >= 0.3 is 6.92 Å². The van der Waals surface area contributed by atoms with Crippen molar-refractivity contribution in [3.63, 3.8) is 0 Å². The Morgan fingerprint density at radius 2 is 1.20 bits per heavy atom. The molecule has 25 heavy (non-hydrogen) atoms. The minimum atomic E-state index is 0.443. The Kier molecular flexibility index (Phi) is 18.1. The first-order valence-electron chi connectivity index (χ1n) is 11.5. The van der Waals surface area contributed by atoms with Gasteiger partial charge in [-0.3, -0.25) is 0 Å². The molecule has 0 fully saturated rings. The highest BCUT2D eigenvalue weighted by Gasteiger charge is 2.19. The summed E-state index contributed by atoms with van der Waals surface area (Å²) in [6.07, 6.45) is 22.2. The summed E-state index contributed by atoms with van der Waals surface area (Å²) in [7, 11) is 0. The Morgan fingerprint density at radius 1 is 0.720 bits per heavy atom. The maximum atomic E-state index is 6.54. The average Bonchev–Trinajstić information content (AvgIpc) is 2.60. The third-order valence-electron chi connectivity index (χ3n) is 5.03. The molecule has 0 radical (unpaired) electrons. The highest BCUT2D eigenvalue weighted by Crippen LogP contribution is 2.21. The molecule has 148 valence electrons. The number of allylic oxidation sites excluding steroid dienone is 2. The van der Waals surface area contributed by atoms with Gasteiger partial charge in [-0.2, -0.15) is 0 Å². The van der Waals surface area contributed by atoms with E-state index in [2.05, 4.69) is 40.7 Å². The fourth-order valence-corrected chi connectivity index (χ4v) is 3.29. The normalized spacial score (nSPS) is 12.0. The summed E-state index contributed by atoms with van der Waals surface area (Å²) in [5, 5.41) is 0. The summed E-state index contributed by atoms with van der Waals surface area (Å²) in [4.78, 5) is 0. The average molecular weight is 350 g/mol. The molecule has 1 nitrogen and oxygen atoms in total. The van der Waals surface area contributed by atoms with E-state index in [1.165, 1.54) is 102 Å². The van der Waals surface area contributed by atoms with Gasteiger partial charge in [-0.15, -0.1) is 0 Å². The molecule has 0 saturated heterocycles. The summed E-state index contributed by atoms with van der Waals surface area (Å²) < 4.78 is 6.54. The largest absolute Gasteiger partial charge is 0.564 e. The van der Waals surface area contributed by atoms with Crippen molar-refractivity contribution in [2.45, 2.75) is 131 Å². The summed E-state index contributed by atoms with van der Waals surface area (Å²) in [5.74, 6) is 1.77. The summed E-state index contributed by atoms with van der Waals surface area (Å²) in [6, 6.07) is 0. The summed E-state index contributed by atoms with van der Waals surface area (Å²) >= 11 is 0. The lowest BCUT2D eigenvalue weighted by atomic mass is 9.59. The molecule has 0 atom stereocenters. The number of hydrogen-bond acceptors (Lipinski definition) is 1. The maximum Gasteiger partial charge on any atom is 0.357 e. The second-order valence-electron chi connectivity index (χ2n) is 8.05. The molecule has 0 aliphatic rings. The number of unbranched alkanes of at least 4 members (excludes halogenated alkanes) is 10. The van der Waals surface area contributed by atoms with Crippen LogP contribution in [-0.2, 0) is 4.65 Å². The monoisotopic (exact) mass is 350 g/mol. The second kappa shape index (κ2) is 18.4. The zero-order chi connectivity index (χ0) is 18.8. The molecule has 0 bridgehead atoms. The SMILES string of the molecule is CCCCCC/C=C(/OB(CCCCCC)CCCCCC)C(C)C. The van der Waals surface area contributed by atoms with Crippen molar-refractivity contribution < 1.29 is 4.65 Å². The van der Waals surface area contributed by atoms with E-state index in [-0.39, 0.29) is 0 Å². The molecule has 0 aromatic carbocycles. The quantitative estimate of drug-likeness (QED) is 0.136. The molecule has 0 aliphatic carbocycles. The molecule has 0 aromatic heterocycles. The van der Waals surface area contributed by atoms with Crippen LogP contribution in [0.15, 0.2) is 11.8 Å². The van der Waals surface area contributed by atoms with Gasteiger partial charge in [0.15, 0.2) is 0 Å². The van der Waals surface area contributed by atoms with E-state index in [0.29, 0.717) is 12.8 Å². The van der Waals surface area contributed by atoms with E-state index in [1.807, 2.05) is 0 Å². The minimum Gasteiger partial charge on any atom is -0.564 e. The Balaban J connectivity index is 4.44. The van der Waals surface area contributed by atoms with Crippen molar-refractivity contribution in [3.05, 3.63) is 11.8 Å². The molecule has 0 rings (SSSR count). The van der Waals surface area contributed by atoms with Crippen LogP contribution in [0.5, 0.6) is 0 Å². The van der Waals surface area contributed by atoms with Crippen molar-refractivity contribution in [2.24, 2.45) is 5.92 Å². The van der Waals surface area contributed by atoms with Gasteiger partial charge < -0.3 is 4.65 Å². The van der Waals surface area contributed by atoms with Crippen LogP contribution in [-0.4, -0.2) is 6.92 Å². The minimum absolute atomic E-state index is 0.443. The maximum absolute atomic E-state index is 6.54. The molecular formula is C23H47BO. The third kappa shape index (κ3) is 15.6. The van der Waals surface area contributed by atoms with Gasteiger partial charge in [0.1, 0.15) is 0 Å². The molecule has 0 spiro atoms. The lowest BCUT2D eigenvalue weighted by Crippen LogP contribution is -2.19. The van der Waals surface area contributed by atoms with Gasteiger partial charge in [0, 0.05) is 5.92 Å². The summed E-state index contributed by atoms with van der Waals surface area (Å²) in [6.45, 7) is 11.9. The Labute approximate surface area is 160 Å². The van der Waals surface area contributed by atoms with Gasteiger partial charge in [0.05, 0.1) is 5.76 Å². The zero-order valence-electron chi connectivity index (χ0n) is 18.2. The van der Waals surface area contributed by atoms with Gasteiger partial charge in [0.25, 0.3) is 0 Å². The van der Waals surface area contributed by atoms with Crippen molar-refractivity contribution in [1.82, 2.24) is 0 Å². The van der Waals surface area contributed by atoms with Crippen LogP contribution in [0.25, 0.3) is 0 Å². The predicted molar refractivity (Wildman–Crippen MR) is 116 cm³/mol. The Bertz CT molecular complexity index is 286. The molecule has 2 heteroatoms. The smallest absolute Gasteiger partial charge is 0.357 e. The Morgan fingerprint density at radius 3 is 1.64 bits per heavy atom.